The van der Waals surface area contributed by atoms with E-state index >= 15 is 0 Å². The van der Waals surface area contributed by atoms with Crippen molar-refractivity contribution in [2.75, 3.05) is 33.0 Å². The van der Waals surface area contributed by atoms with Gasteiger partial charge in [-0.15, -0.1) is 0 Å². The maximum absolute atomic E-state index is 13.2. The minimum atomic E-state index is -2.83. The number of nitrogens with two attached hydrogens (primary N) is 1. The summed E-state index contributed by atoms with van der Waals surface area (Å²) >= 11 is 0. The lowest BCUT2D eigenvalue weighted by atomic mass is 10.1. The van der Waals surface area contributed by atoms with Crippen molar-refractivity contribution in [1.29, 1.82) is 0 Å². The molecule has 0 unspecified atom stereocenters. The van der Waals surface area contributed by atoms with E-state index in [-0.39, 0.29) is 24.3 Å². The Kier molecular flexibility index (Phi) is 3.69. The minimum absolute atomic E-state index is 0.0156. The summed E-state index contributed by atoms with van der Waals surface area (Å²) in [5, 5.41) is 0. The SMILES string of the molecule is COc1cc(C(=O)N2CCC(F)(F)C2)c(OC)cc1N. The molecule has 1 aliphatic rings. The van der Waals surface area contributed by atoms with Gasteiger partial charge in [0.1, 0.15) is 11.5 Å². The average molecular weight is 286 g/mol. The molecule has 1 aromatic carbocycles. The number of hydrogen-bond acceptors (Lipinski definition) is 4. The first kappa shape index (κ1) is 14.4. The van der Waals surface area contributed by atoms with Gasteiger partial charge in [0.25, 0.3) is 11.8 Å². The molecule has 1 fully saturated rings. The number of rotatable bonds is 3. The van der Waals surface area contributed by atoms with E-state index in [0.29, 0.717) is 11.4 Å². The molecule has 0 aliphatic carbocycles. The number of carbonyl (C=O) groups is 1. The first-order valence-corrected chi connectivity index (χ1v) is 6.06. The number of alkyl halides is 2. The van der Waals surface area contributed by atoms with Crippen LogP contribution in [0.1, 0.15) is 16.8 Å². The molecule has 1 aliphatic heterocycles. The van der Waals surface area contributed by atoms with Crippen LogP contribution in [0.15, 0.2) is 12.1 Å². The summed E-state index contributed by atoms with van der Waals surface area (Å²) in [5.41, 5.74) is 6.20. The van der Waals surface area contributed by atoms with Crippen LogP contribution in [-0.4, -0.2) is 44.0 Å². The van der Waals surface area contributed by atoms with Gasteiger partial charge in [-0.25, -0.2) is 8.78 Å². The van der Waals surface area contributed by atoms with Crippen LogP contribution in [0.4, 0.5) is 14.5 Å². The molecule has 1 heterocycles. The maximum atomic E-state index is 13.2. The van der Waals surface area contributed by atoms with Crippen LogP contribution >= 0.6 is 0 Å². The number of halogens is 2. The van der Waals surface area contributed by atoms with E-state index in [1.165, 1.54) is 26.4 Å². The quantitative estimate of drug-likeness (QED) is 0.860. The van der Waals surface area contributed by atoms with Crippen LogP contribution in [0.3, 0.4) is 0 Å². The lowest BCUT2D eigenvalue weighted by molar-refractivity contribution is 0.0119. The van der Waals surface area contributed by atoms with Gasteiger partial charge < -0.3 is 20.1 Å². The molecule has 0 saturated carbocycles. The van der Waals surface area contributed by atoms with Crippen molar-refractivity contribution in [2.45, 2.75) is 12.3 Å². The van der Waals surface area contributed by atoms with Gasteiger partial charge in [0, 0.05) is 19.0 Å². The second-order valence-corrected chi connectivity index (χ2v) is 4.63. The zero-order chi connectivity index (χ0) is 14.9. The van der Waals surface area contributed by atoms with E-state index in [9.17, 15) is 13.6 Å². The van der Waals surface area contributed by atoms with Crippen molar-refractivity contribution < 1.29 is 23.0 Å². The highest BCUT2D eigenvalue weighted by molar-refractivity contribution is 5.98. The highest BCUT2D eigenvalue weighted by Gasteiger charge is 2.41. The first-order chi connectivity index (χ1) is 9.38. The molecule has 2 N–H and O–H groups in total. The predicted molar refractivity (Wildman–Crippen MR) is 69.4 cm³/mol. The lowest BCUT2D eigenvalue weighted by Crippen LogP contribution is -2.31. The van der Waals surface area contributed by atoms with Gasteiger partial charge in [-0.2, -0.15) is 0 Å². The van der Waals surface area contributed by atoms with Gasteiger partial charge >= 0.3 is 0 Å². The topological polar surface area (TPSA) is 64.8 Å². The number of amides is 1. The molecule has 0 bridgehead atoms. The third-order valence-corrected chi connectivity index (χ3v) is 3.24. The van der Waals surface area contributed by atoms with Crippen LogP contribution in [0, 0.1) is 0 Å². The first-order valence-electron chi connectivity index (χ1n) is 6.06. The molecule has 0 spiro atoms. The largest absolute Gasteiger partial charge is 0.496 e. The molecule has 0 aromatic heterocycles. The molecule has 7 heteroatoms. The maximum Gasteiger partial charge on any atom is 0.267 e. The third kappa shape index (κ3) is 2.61. The predicted octanol–water partition coefficient (Wildman–Crippen LogP) is 1.77. The van der Waals surface area contributed by atoms with Gasteiger partial charge in [0.2, 0.25) is 0 Å². The van der Waals surface area contributed by atoms with Crippen molar-refractivity contribution in [1.82, 2.24) is 4.90 Å². The Hall–Kier alpha value is -2.05. The number of carbonyl (C=O) groups excluding carboxylic acids is 1. The number of likely N-dealkylation sites (tertiary alicyclic amines) is 1. The van der Waals surface area contributed by atoms with Crippen LogP contribution in [0.25, 0.3) is 0 Å². The number of anilines is 1. The molecule has 1 aromatic rings. The molecule has 1 saturated heterocycles. The summed E-state index contributed by atoms with van der Waals surface area (Å²) in [4.78, 5) is 13.4. The third-order valence-electron chi connectivity index (χ3n) is 3.24. The molecular formula is C13H16F2N2O3. The van der Waals surface area contributed by atoms with Crippen molar-refractivity contribution >= 4 is 11.6 Å². The second kappa shape index (κ2) is 5.15. The Morgan fingerprint density at radius 1 is 1.30 bits per heavy atom. The van der Waals surface area contributed by atoms with E-state index in [1.54, 1.807) is 0 Å². The van der Waals surface area contributed by atoms with E-state index in [2.05, 4.69) is 0 Å². The van der Waals surface area contributed by atoms with Gasteiger partial charge in [-0.1, -0.05) is 0 Å². The Morgan fingerprint density at radius 3 is 2.45 bits per heavy atom. The van der Waals surface area contributed by atoms with Gasteiger partial charge in [-0.05, 0) is 6.07 Å². The molecule has 0 atom stereocenters. The lowest BCUT2D eigenvalue weighted by Gasteiger charge is -2.19. The molecule has 1 amide bonds. The number of hydrogen-bond donors (Lipinski definition) is 1. The zero-order valence-electron chi connectivity index (χ0n) is 11.3. The molecule has 2 rings (SSSR count). The van der Waals surface area contributed by atoms with Crippen molar-refractivity contribution in [3.63, 3.8) is 0 Å². The Bertz CT molecular complexity index is 535. The summed E-state index contributed by atoms with van der Waals surface area (Å²) in [5.74, 6) is -2.80. The number of nitrogen functional groups attached to an aromatic ring is 1. The van der Waals surface area contributed by atoms with Crippen LogP contribution in [-0.2, 0) is 0 Å². The Balaban J connectivity index is 2.34. The summed E-state index contributed by atoms with van der Waals surface area (Å²) < 4.78 is 36.5. The summed E-state index contributed by atoms with van der Waals surface area (Å²) in [6.07, 6.45) is -0.326. The van der Waals surface area contributed by atoms with Crippen LogP contribution in [0.5, 0.6) is 11.5 Å². The van der Waals surface area contributed by atoms with Gasteiger partial charge in [0.15, 0.2) is 0 Å². The normalized spacial score (nSPS) is 17.1. The highest BCUT2D eigenvalue weighted by atomic mass is 19.3. The summed E-state index contributed by atoms with van der Waals surface area (Å²) in [7, 11) is 2.80. The van der Waals surface area contributed by atoms with Crippen LogP contribution < -0.4 is 15.2 Å². The minimum Gasteiger partial charge on any atom is -0.496 e. The van der Waals surface area contributed by atoms with E-state index in [4.69, 9.17) is 15.2 Å². The Morgan fingerprint density at radius 2 is 1.95 bits per heavy atom. The Labute approximate surface area is 115 Å². The van der Waals surface area contributed by atoms with E-state index in [0.717, 1.165) is 4.90 Å². The number of benzene rings is 1. The average Bonchev–Trinajstić information content (AvgIpc) is 2.78. The number of nitrogens with zero attached hydrogens (tertiary/aromatic N) is 1. The van der Waals surface area contributed by atoms with Crippen molar-refractivity contribution in [3.05, 3.63) is 17.7 Å². The fourth-order valence-corrected chi connectivity index (χ4v) is 2.17. The molecule has 110 valence electrons. The fraction of sp³-hybridized carbons (Fsp3) is 0.462. The van der Waals surface area contributed by atoms with Crippen molar-refractivity contribution in [3.8, 4) is 11.5 Å². The number of methoxy groups -OCH3 is 2. The zero-order valence-corrected chi connectivity index (χ0v) is 11.3. The highest BCUT2D eigenvalue weighted by Crippen LogP contribution is 2.34. The number of ether oxygens (including phenoxy) is 2. The van der Waals surface area contributed by atoms with Crippen molar-refractivity contribution in [2.24, 2.45) is 0 Å². The van der Waals surface area contributed by atoms with Gasteiger partial charge in [-0.3, -0.25) is 4.79 Å². The molecule has 20 heavy (non-hydrogen) atoms. The monoisotopic (exact) mass is 286 g/mol. The van der Waals surface area contributed by atoms with E-state index in [1.807, 2.05) is 0 Å². The standard InChI is InChI=1S/C13H16F2N2O3/c1-19-10-6-9(16)11(20-2)5-8(10)12(18)17-4-3-13(14,15)7-17/h5-6H,3-4,7,16H2,1-2H3. The summed E-state index contributed by atoms with van der Waals surface area (Å²) in [6, 6.07) is 2.85. The van der Waals surface area contributed by atoms with Gasteiger partial charge in [0.05, 0.1) is 32.0 Å². The van der Waals surface area contributed by atoms with Crippen LogP contribution in [0.2, 0.25) is 0 Å². The smallest absolute Gasteiger partial charge is 0.267 e. The second-order valence-electron chi connectivity index (χ2n) is 4.63. The van der Waals surface area contributed by atoms with E-state index < -0.39 is 18.4 Å². The molecular weight excluding hydrogens is 270 g/mol. The molecule has 0 radical (unpaired) electrons. The fourth-order valence-electron chi connectivity index (χ4n) is 2.17. The molecule has 5 nitrogen and oxygen atoms in total. The summed E-state index contributed by atoms with van der Waals surface area (Å²) in [6.45, 7) is -0.566.